The molecule has 0 spiro atoms. The van der Waals surface area contributed by atoms with Crippen LogP contribution in [0.1, 0.15) is 11.1 Å². The maximum atomic E-state index is 16.6. The van der Waals surface area contributed by atoms with Crippen molar-refractivity contribution in [2.45, 2.75) is 5.57 Å². The third kappa shape index (κ3) is 3.96. The van der Waals surface area contributed by atoms with E-state index in [0.29, 0.717) is 18.2 Å². The number of halogens is 14. The topological polar surface area (TPSA) is 18.5 Å². The Morgan fingerprint density at radius 2 is 1.17 bits per heavy atom. The summed E-state index contributed by atoms with van der Waals surface area (Å²) >= 11 is 0. The van der Waals surface area contributed by atoms with Crippen molar-refractivity contribution in [1.82, 2.24) is 0 Å². The molecule has 0 saturated carbocycles. The van der Waals surface area contributed by atoms with Crippen LogP contribution in [0.4, 0.5) is 61.5 Å². The first-order valence-electron chi connectivity index (χ1n) is 11.0. The molecule has 218 valence electrons. The molecule has 0 aliphatic heterocycles. The molecule has 2 nitrogen and oxygen atoms in total. The van der Waals surface area contributed by atoms with E-state index in [4.69, 9.17) is 4.65 Å². The fourth-order valence-electron chi connectivity index (χ4n) is 4.25. The van der Waals surface area contributed by atoms with Crippen LogP contribution in [0.25, 0.3) is 16.6 Å². The highest BCUT2D eigenvalue weighted by atomic mass is 19.2. The number of fused-ring (bicyclic) bond motifs is 2. The van der Waals surface area contributed by atoms with Gasteiger partial charge in [0, 0.05) is 17.0 Å². The summed E-state index contributed by atoms with van der Waals surface area (Å²) in [7, 11) is -3.71. The Labute approximate surface area is 223 Å². The van der Waals surface area contributed by atoms with Gasteiger partial charge >= 0.3 is 7.12 Å². The molecule has 0 amide bonds. The van der Waals surface area contributed by atoms with Crippen LogP contribution in [-0.2, 0) is 5.57 Å². The molecule has 4 aromatic carbocycles. The number of hydrogen-bond donors (Lipinski definition) is 0. The predicted molar refractivity (Wildman–Crippen MR) is 115 cm³/mol. The van der Waals surface area contributed by atoms with Gasteiger partial charge in [-0.1, -0.05) is 0 Å². The largest absolute Gasteiger partial charge is 0.647 e. The molecule has 0 aromatic heterocycles. The molecule has 0 fully saturated rings. The Hall–Kier alpha value is -4.44. The first-order valence-corrected chi connectivity index (χ1v) is 11.0. The molecule has 42 heavy (non-hydrogen) atoms. The number of alkyl halides is 1. The lowest BCUT2D eigenvalue weighted by Crippen LogP contribution is -2.50. The highest BCUT2D eigenvalue weighted by Crippen LogP contribution is 2.54. The summed E-state index contributed by atoms with van der Waals surface area (Å²) in [6, 6.07) is 1.32. The first kappa shape index (κ1) is 29.1. The summed E-state index contributed by atoms with van der Waals surface area (Å²) in [5.74, 6) is -34.8. The van der Waals surface area contributed by atoms with E-state index >= 15 is 8.78 Å². The molecule has 0 bridgehead atoms. The van der Waals surface area contributed by atoms with E-state index in [2.05, 4.69) is 4.65 Å². The second kappa shape index (κ2) is 9.84. The van der Waals surface area contributed by atoms with Gasteiger partial charge in [-0.2, -0.15) is 4.39 Å². The van der Waals surface area contributed by atoms with Crippen molar-refractivity contribution >= 4 is 23.7 Å². The molecule has 1 aliphatic rings. The average Bonchev–Trinajstić information content (AvgIpc) is 3.16. The van der Waals surface area contributed by atoms with Crippen LogP contribution in [0.5, 0.6) is 11.5 Å². The van der Waals surface area contributed by atoms with Crippen LogP contribution in [0, 0.1) is 64.0 Å². The van der Waals surface area contributed by atoms with E-state index in [-0.39, 0.29) is 12.1 Å². The van der Waals surface area contributed by atoms with Crippen LogP contribution in [-0.4, -0.2) is 7.12 Å². The highest BCUT2D eigenvalue weighted by Gasteiger charge is 2.65. The minimum Gasteiger partial charge on any atom is -0.521 e. The molecular weight excluding hydrogens is 609 g/mol. The molecule has 1 atom stereocenters. The number of allylic oxidation sites excluding steroid dienone is 1. The molecule has 1 unspecified atom stereocenters. The van der Waals surface area contributed by atoms with Gasteiger partial charge in [0.25, 0.3) is 5.57 Å². The summed E-state index contributed by atoms with van der Waals surface area (Å²) in [6.45, 7) is 0. The normalized spacial score (nSPS) is 16.3. The van der Waals surface area contributed by atoms with E-state index in [1.807, 2.05) is 0 Å². The maximum Gasteiger partial charge on any atom is 0.647 e. The monoisotopic (exact) mass is 614 g/mol. The van der Waals surface area contributed by atoms with Crippen molar-refractivity contribution < 1.29 is 70.8 Å². The summed E-state index contributed by atoms with van der Waals surface area (Å²) in [4.78, 5) is 0. The van der Waals surface area contributed by atoms with Crippen LogP contribution in [0.2, 0.25) is 0 Å². The zero-order valence-electron chi connectivity index (χ0n) is 19.6. The number of benzene rings is 4. The van der Waals surface area contributed by atoms with Crippen molar-refractivity contribution in [3.8, 4) is 11.5 Å². The van der Waals surface area contributed by atoms with Crippen LogP contribution < -0.4 is 9.31 Å². The van der Waals surface area contributed by atoms with Crippen molar-refractivity contribution in [2.24, 2.45) is 0 Å². The van der Waals surface area contributed by atoms with Crippen molar-refractivity contribution in [3.05, 3.63) is 111 Å². The molecule has 0 radical (unpaired) electrons. The van der Waals surface area contributed by atoms with Crippen molar-refractivity contribution in [1.29, 1.82) is 0 Å². The summed E-state index contributed by atoms with van der Waals surface area (Å²) in [5, 5.41) is -3.01. The van der Waals surface area contributed by atoms with Gasteiger partial charge in [-0.05, 0) is 24.3 Å². The molecule has 1 aliphatic carbocycles. The lowest BCUT2D eigenvalue weighted by molar-refractivity contribution is 0.205. The second-order valence-corrected chi connectivity index (χ2v) is 8.54. The quantitative estimate of drug-likeness (QED) is 0.0975. The molecule has 4 aromatic rings. The van der Waals surface area contributed by atoms with E-state index in [1.54, 1.807) is 0 Å². The van der Waals surface area contributed by atoms with Gasteiger partial charge in [-0.15, -0.1) is 0 Å². The van der Waals surface area contributed by atoms with Crippen LogP contribution >= 0.6 is 0 Å². The average molecular weight is 614 g/mol. The van der Waals surface area contributed by atoms with Gasteiger partial charge in [-0.25, -0.2) is 57.1 Å². The van der Waals surface area contributed by atoms with Crippen molar-refractivity contribution in [3.63, 3.8) is 0 Å². The Balaban J connectivity index is 1.83. The second-order valence-electron chi connectivity index (χ2n) is 8.54. The molecule has 5 rings (SSSR count). The minimum atomic E-state index is -4.90. The number of hydrogen-bond acceptors (Lipinski definition) is 2. The zero-order chi connectivity index (χ0) is 31.0. The van der Waals surface area contributed by atoms with Gasteiger partial charge in [0.05, 0.1) is 10.9 Å². The van der Waals surface area contributed by atoms with E-state index in [0.717, 1.165) is 0 Å². The van der Waals surface area contributed by atoms with Crippen molar-refractivity contribution in [2.75, 3.05) is 0 Å². The third-order valence-electron chi connectivity index (χ3n) is 6.18. The lowest BCUT2D eigenvalue weighted by Gasteiger charge is -2.28. The lowest BCUT2D eigenvalue weighted by atomic mass is 9.64. The third-order valence-corrected chi connectivity index (χ3v) is 6.18. The van der Waals surface area contributed by atoms with Gasteiger partial charge < -0.3 is 9.31 Å². The van der Waals surface area contributed by atoms with E-state index < -0.39 is 122 Å². The van der Waals surface area contributed by atoms with E-state index in [1.165, 1.54) is 0 Å². The van der Waals surface area contributed by atoms with E-state index in [9.17, 15) is 52.7 Å². The first-order chi connectivity index (χ1) is 19.6. The number of rotatable bonds is 5. The Morgan fingerprint density at radius 3 is 1.83 bits per heavy atom. The molecule has 0 N–H and O–H groups in total. The highest BCUT2D eigenvalue weighted by molar-refractivity contribution is 6.51. The maximum absolute atomic E-state index is 16.6. The Kier molecular flexibility index (Phi) is 6.81. The van der Waals surface area contributed by atoms with Gasteiger partial charge in [-0.3, -0.25) is 0 Å². The summed E-state index contributed by atoms with van der Waals surface area (Å²) in [6.07, 6.45) is 0. The molecule has 0 heterocycles. The Bertz CT molecular complexity index is 1860. The SMILES string of the molecule is FC1=C(F)C(F)(B(Oc2cc(F)ccc2F)Oc2c(F)c(F)c(F)c3c(F)c(F)ccc23)c2c(F)c(F)c(F)c(F)c21. The fourth-order valence-corrected chi connectivity index (χ4v) is 4.25. The smallest absolute Gasteiger partial charge is 0.521 e. The predicted octanol–water partition coefficient (Wildman–Crippen LogP) is 8.34. The van der Waals surface area contributed by atoms with Crippen LogP contribution in [0.15, 0.2) is 36.2 Å². The molecule has 0 saturated heterocycles. The standard InChI is InChI=1S/C25H5BF14O2/c27-6-1-3-8(28)10(5-6)41-26(25(40)13-12(17(33)24(25)39)16(32)19(35)21(37)18(13)34)42-23-7-2-4-9(29)14(30)11(7)15(31)20(36)22(23)38/h1-5H. The van der Waals surface area contributed by atoms with Crippen LogP contribution in [0.3, 0.4) is 0 Å². The molecule has 17 heteroatoms. The molecular formula is C25H5BF14O2. The summed E-state index contributed by atoms with van der Waals surface area (Å²) in [5.41, 5.74) is -9.49. The zero-order valence-corrected chi connectivity index (χ0v) is 19.6. The van der Waals surface area contributed by atoms with Gasteiger partial charge in [0.2, 0.25) is 5.82 Å². The summed E-state index contributed by atoms with van der Waals surface area (Å²) < 4.78 is 213. The van der Waals surface area contributed by atoms with Gasteiger partial charge in [0.15, 0.2) is 64.0 Å². The minimum absolute atomic E-state index is 0.0832. The fraction of sp³-hybridized carbons (Fsp3) is 0.0400. The Morgan fingerprint density at radius 1 is 0.571 bits per heavy atom. The van der Waals surface area contributed by atoms with Gasteiger partial charge in [0.1, 0.15) is 17.3 Å².